The standard InChI is InChI=1S/C14H22Br2N2S/c1-3-14(4-2)5-6-18(9-14)11(8-17)12-7-10(15)13(16)19-12/h7,11H,3-6,8-9,17H2,1-2H3. The van der Waals surface area contributed by atoms with Crippen LogP contribution in [0.5, 0.6) is 0 Å². The van der Waals surface area contributed by atoms with Gasteiger partial charge in [0.15, 0.2) is 0 Å². The van der Waals surface area contributed by atoms with Gasteiger partial charge in [-0.15, -0.1) is 11.3 Å². The largest absolute Gasteiger partial charge is 0.329 e. The van der Waals surface area contributed by atoms with Gasteiger partial charge in [-0.05, 0) is 69.1 Å². The number of hydrogen-bond acceptors (Lipinski definition) is 3. The molecule has 0 aromatic carbocycles. The molecule has 1 fully saturated rings. The van der Waals surface area contributed by atoms with Crippen LogP contribution in [0.3, 0.4) is 0 Å². The van der Waals surface area contributed by atoms with Crippen LogP contribution in [0.25, 0.3) is 0 Å². The quantitative estimate of drug-likeness (QED) is 0.757. The van der Waals surface area contributed by atoms with Crippen molar-refractivity contribution in [2.75, 3.05) is 19.6 Å². The van der Waals surface area contributed by atoms with Crippen LogP contribution in [-0.4, -0.2) is 24.5 Å². The number of hydrogen-bond donors (Lipinski definition) is 1. The lowest BCUT2D eigenvalue weighted by molar-refractivity contribution is 0.199. The van der Waals surface area contributed by atoms with Gasteiger partial charge in [0, 0.05) is 22.4 Å². The summed E-state index contributed by atoms with van der Waals surface area (Å²) in [6, 6.07) is 2.58. The summed E-state index contributed by atoms with van der Waals surface area (Å²) in [5.74, 6) is 0. The average Bonchev–Trinajstić information content (AvgIpc) is 2.97. The highest BCUT2D eigenvalue weighted by Gasteiger charge is 2.38. The van der Waals surface area contributed by atoms with Crippen LogP contribution in [0.4, 0.5) is 0 Å². The first-order valence-corrected chi connectivity index (χ1v) is 9.34. The Balaban J connectivity index is 2.15. The van der Waals surface area contributed by atoms with Gasteiger partial charge in [-0.3, -0.25) is 4.90 Å². The van der Waals surface area contributed by atoms with Gasteiger partial charge in [-0.2, -0.15) is 0 Å². The van der Waals surface area contributed by atoms with Crippen LogP contribution >= 0.6 is 43.2 Å². The van der Waals surface area contributed by atoms with E-state index in [1.807, 2.05) is 0 Å². The van der Waals surface area contributed by atoms with Gasteiger partial charge in [0.1, 0.15) is 0 Å². The minimum Gasteiger partial charge on any atom is -0.329 e. The maximum atomic E-state index is 6.05. The van der Waals surface area contributed by atoms with E-state index >= 15 is 0 Å². The lowest BCUT2D eigenvalue weighted by Gasteiger charge is -2.30. The number of nitrogens with zero attached hydrogens (tertiary/aromatic N) is 1. The van der Waals surface area contributed by atoms with Crippen molar-refractivity contribution in [2.45, 2.75) is 39.2 Å². The first-order valence-electron chi connectivity index (χ1n) is 6.94. The predicted octanol–water partition coefficient (Wildman–Crippen LogP) is 4.79. The van der Waals surface area contributed by atoms with E-state index in [2.05, 4.69) is 56.7 Å². The van der Waals surface area contributed by atoms with E-state index in [1.54, 1.807) is 11.3 Å². The van der Waals surface area contributed by atoms with E-state index < -0.39 is 0 Å². The highest BCUT2D eigenvalue weighted by Crippen LogP contribution is 2.43. The molecule has 1 unspecified atom stereocenters. The van der Waals surface area contributed by atoms with Gasteiger partial charge in [0.25, 0.3) is 0 Å². The molecule has 1 aromatic rings. The Bertz CT molecular complexity index is 410. The van der Waals surface area contributed by atoms with Gasteiger partial charge in [0.05, 0.1) is 9.83 Å². The molecule has 1 aliphatic heterocycles. The number of nitrogens with two attached hydrogens (primary N) is 1. The normalized spacial score (nSPS) is 20.9. The minimum atomic E-state index is 0.368. The third-order valence-electron chi connectivity index (χ3n) is 4.62. The second-order valence-corrected chi connectivity index (χ2v) is 8.71. The van der Waals surface area contributed by atoms with Crippen LogP contribution in [0.15, 0.2) is 14.3 Å². The highest BCUT2D eigenvalue weighted by molar-refractivity contribution is 9.13. The first-order chi connectivity index (χ1) is 9.05. The highest BCUT2D eigenvalue weighted by atomic mass is 79.9. The van der Waals surface area contributed by atoms with Crippen LogP contribution in [-0.2, 0) is 0 Å². The lowest BCUT2D eigenvalue weighted by Crippen LogP contribution is -2.33. The zero-order chi connectivity index (χ0) is 14.0. The molecule has 1 aromatic heterocycles. The maximum Gasteiger partial charge on any atom is 0.0843 e. The summed E-state index contributed by atoms with van der Waals surface area (Å²) in [6.07, 6.45) is 3.86. The zero-order valence-corrected chi connectivity index (χ0v) is 15.6. The Morgan fingerprint density at radius 2 is 2.11 bits per heavy atom. The fourth-order valence-electron chi connectivity index (χ4n) is 3.04. The van der Waals surface area contributed by atoms with Crippen molar-refractivity contribution >= 4 is 43.2 Å². The molecule has 0 radical (unpaired) electrons. The van der Waals surface area contributed by atoms with Crippen LogP contribution in [0, 0.1) is 5.41 Å². The summed E-state index contributed by atoms with van der Waals surface area (Å²) in [4.78, 5) is 3.95. The molecule has 2 nitrogen and oxygen atoms in total. The van der Waals surface area contributed by atoms with Gasteiger partial charge >= 0.3 is 0 Å². The average molecular weight is 410 g/mol. The Labute approximate surface area is 137 Å². The number of rotatable bonds is 5. The smallest absolute Gasteiger partial charge is 0.0843 e. The predicted molar refractivity (Wildman–Crippen MR) is 90.7 cm³/mol. The number of thiophene rings is 1. The fraction of sp³-hybridized carbons (Fsp3) is 0.714. The molecular weight excluding hydrogens is 388 g/mol. The second kappa shape index (κ2) is 6.56. The monoisotopic (exact) mass is 408 g/mol. The molecule has 2 N–H and O–H groups in total. The van der Waals surface area contributed by atoms with E-state index in [9.17, 15) is 0 Å². The Hall–Kier alpha value is 0.580. The summed E-state index contributed by atoms with van der Waals surface area (Å²) in [5, 5.41) is 0. The van der Waals surface area contributed by atoms with E-state index in [0.717, 1.165) is 8.26 Å². The second-order valence-electron chi connectivity index (χ2n) is 5.45. The Morgan fingerprint density at radius 1 is 1.42 bits per heavy atom. The zero-order valence-electron chi connectivity index (χ0n) is 11.6. The molecule has 0 amide bonds. The van der Waals surface area contributed by atoms with Crippen LogP contribution in [0.1, 0.15) is 44.0 Å². The van der Waals surface area contributed by atoms with E-state index in [1.165, 1.54) is 37.2 Å². The molecule has 2 rings (SSSR count). The summed E-state index contributed by atoms with van der Waals surface area (Å²) in [6.45, 7) is 7.71. The molecule has 108 valence electrons. The van der Waals surface area contributed by atoms with Gasteiger partial charge < -0.3 is 5.73 Å². The molecule has 0 aliphatic carbocycles. The Kier molecular flexibility index (Phi) is 5.51. The van der Waals surface area contributed by atoms with Crippen LogP contribution in [0.2, 0.25) is 0 Å². The van der Waals surface area contributed by atoms with Crippen molar-refractivity contribution < 1.29 is 0 Å². The lowest BCUT2D eigenvalue weighted by atomic mass is 9.82. The fourth-order valence-corrected chi connectivity index (χ4v) is 5.27. The molecule has 1 saturated heterocycles. The topological polar surface area (TPSA) is 29.3 Å². The molecule has 0 bridgehead atoms. The summed E-state index contributed by atoms with van der Waals surface area (Å²) < 4.78 is 2.31. The summed E-state index contributed by atoms with van der Waals surface area (Å²) in [7, 11) is 0. The molecular formula is C14H22Br2N2S. The molecule has 19 heavy (non-hydrogen) atoms. The summed E-state index contributed by atoms with van der Waals surface area (Å²) >= 11 is 8.96. The Morgan fingerprint density at radius 3 is 2.53 bits per heavy atom. The summed E-state index contributed by atoms with van der Waals surface area (Å²) in [5.41, 5.74) is 6.56. The molecule has 0 spiro atoms. The van der Waals surface area contributed by atoms with Gasteiger partial charge in [-0.25, -0.2) is 0 Å². The minimum absolute atomic E-state index is 0.368. The first kappa shape index (κ1) is 16.0. The van der Waals surface area contributed by atoms with Crippen molar-refractivity contribution in [3.8, 4) is 0 Å². The van der Waals surface area contributed by atoms with Crippen molar-refractivity contribution in [1.82, 2.24) is 4.90 Å². The van der Waals surface area contributed by atoms with Crippen molar-refractivity contribution in [3.63, 3.8) is 0 Å². The van der Waals surface area contributed by atoms with Crippen LogP contribution < -0.4 is 5.73 Å². The van der Waals surface area contributed by atoms with Crippen molar-refractivity contribution in [3.05, 3.63) is 19.2 Å². The van der Waals surface area contributed by atoms with Crippen molar-refractivity contribution in [2.24, 2.45) is 11.1 Å². The maximum absolute atomic E-state index is 6.05. The SMILES string of the molecule is CCC1(CC)CCN(C(CN)c2cc(Br)c(Br)s2)C1. The third-order valence-corrected chi connectivity index (χ3v) is 7.98. The van der Waals surface area contributed by atoms with E-state index in [-0.39, 0.29) is 0 Å². The number of likely N-dealkylation sites (tertiary alicyclic amines) is 1. The number of halogens is 2. The van der Waals surface area contributed by atoms with Crippen molar-refractivity contribution in [1.29, 1.82) is 0 Å². The molecule has 5 heteroatoms. The molecule has 0 saturated carbocycles. The van der Waals surface area contributed by atoms with Gasteiger partial charge in [-0.1, -0.05) is 13.8 Å². The van der Waals surface area contributed by atoms with E-state index in [4.69, 9.17) is 5.73 Å². The third kappa shape index (κ3) is 3.26. The molecule has 1 aliphatic rings. The van der Waals surface area contributed by atoms with E-state index in [0.29, 0.717) is 18.0 Å². The van der Waals surface area contributed by atoms with Gasteiger partial charge in [0.2, 0.25) is 0 Å². The molecule has 1 atom stereocenters. The molecule has 2 heterocycles.